The van der Waals surface area contributed by atoms with E-state index in [2.05, 4.69) is 15.4 Å². The Morgan fingerprint density at radius 1 is 1.12 bits per heavy atom. The predicted molar refractivity (Wildman–Crippen MR) is 127 cm³/mol. The van der Waals surface area contributed by atoms with Crippen LogP contribution in [-0.4, -0.2) is 37.5 Å². The van der Waals surface area contributed by atoms with Crippen LogP contribution < -0.4 is 5.32 Å². The molecule has 4 aromatic rings. The van der Waals surface area contributed by atoms with E-state index in [-0.39, 0.29) is 24.0 Å². The van der Waals surface area contributed by atoms with Crippen molar-refractivity contribution in [2.24, 2.45) is 0 Å². The van der Waals surface area contributed by atoms with Crippen molar-refractivity contribution in [3.8, 4) is 16.9 Å². The van der Waals surface area contributed by atoms with Gasteiger partial charge in [0.25, 0.3) is 5.91 Å². The number of ether oxygens (including phenoxy) is 1. The lowest BCUT2D eigenvalue weighted by Gasteiger charge is -2.18. The minimum absolute atomic E-state index is 0.130. The average Bonchev–Trinajstić information content (AvgIpc) is 3.25. The van der Waals surface area contributed by atoms with Crippen LogP contribution in [0.4, 0.5) is 5.69 Å². The van der Waals surface area contributed by atoms with Crippen molar-refractivity contribution < 1.29 is 18.5 Å². The Kier molecular flexibility index (Phi) is 5.77. The summed E-state index contributed by atoms with van der Waals surface area (Å²) in [7, 11) is -1.32. The maximum atomic E-state index is 12.9. The van der Waals surface area contributed by atoms with Gasteiger partial charge in [-0.25, -0.2) is 9.48 Å². The number of fused-ring (bicyclic) bond motifs is 3. The number of pyridine rings is 1. The van der Waals surface area contributed by atoms with Gasteiger partial charge in [-0.15, -0.1) is 0 Å². The molecule has 8 nitrogen and oxygen atoms in total. The molecule has 1 N–H and O–H groups in total. The number of hydrogen-bond donors (Lipinski definition) is 1. The number of hydrogen-bond acceptors (Lipinski definition) is 6. The zero-order valence-corrected chi connectivity index (χ0v) is 19.0. The van der Waals surface area contributed by atoms with Gasteiger partial charge in [-0.1, -0.05) is 24.3 Å². The van der Waals surface area contributed by atoms with E-state index >= 15 is 0 Å². The number of nitrogens with zero attached hydrogens (tertiary/aromatic N) is 3. The second kappa shape index (κ2) is 9.03. The van der Waals surface area contributed by atoms with Gasteiger partial charge in [0.2, 0.25) is 0 Å². The van der Waals surface area contributed by atoms with Crippen LogP contribution in [0.15, 0.2) is 78.0 Å². The van der Waals surface area contributed by atoms with Crippen molar-refractivity contribution in [1.29, 1.82) is 0 Å². The molecule has 0 bridgehead atoms. The topological polar surface area (TPSA) is 103 Å². The van der Waals surface area contributed by atoms with Crippen molar-refractivity contribution in [2.45, 2.75) is 17.6 Å². The van der Waals surface area contributed by atoms with Crippen LogP contribution in [0.5, 0.6) is 0 Å². The van der Waals surface area contributed by atoms with Crippen LogP contribution in [0.2, 0.25) is 0 Å². The molecule has 2 aromatic carbocycles. The fourth-order valence-electron chi connectivity index (χ4n) is 3.90. The molecule has 1 atom stereocenters. The summed E-state index contributed by atoms with van der Waals surface area (Å²) in [6.07, 6.45) is 3.19. The lowest BCUT2D eigenvalue weighted by molar-refractivity contribution is 0.0518. The molecule has 1 unspecified atom stereocenters. The third-order valence-corrected chi connectivity index (χ3v) is 6.78. The van der Waals surface area contributed by atoms with Crippen LogP contribution >= 0.6 is 0 Å². The first kappa shape index (κ1) is 21.7. The van der Waals surface area contributed by atoms with Gasteiger partial charge in [0.05, 0.1) is 46.4 Å². The van der Waals surface area contributed by atoms with Crippen LogP contribution in [0.25, 0.3) is 16.9 Å². The second-order valence-electron chi connectivity index (χ2n) is 7.54. The van der Waals surface area contributed by atoms with Crippen molar-refractivity contribution in [3.05, 3.63) is 89.9 Å². The number of benzene rings is 2. The highest BCUT2D eigenvalue weighted by Crippen LogP contribution is 2.39. The Morgan fingerprint density at radius 2 is 1.97 bits per heavy atom. The van der Waals surface area contributed by atoms with Gasteiger partial charge in [-0.2, -0.15) is 5.10 Å². The average molecular weight is 473 g/mol. The molecule has 9 heteroatoms. The predicted octanol–water partition coefficient (Wildman–Crippen LogP) is 3.98. The Hall–Kier alpha value is -4.11. The van der Waals surface area contributed by atoms with E-state index in [0.717, 1.165) is 5.56 Å². The highest BCUT2D eigenvalue weighted by Gasteiger charge is 2.32. The third-order valence-electron chi connectivity index (χ3n) is 5.39. The summed E-state index contributed by atoms with van der Waals surface area (Å²) in [5.41, 5.74) is 3.68. The summed E-state index contributed by atoms with van der Waals surface area (Å²) >= 11 is 0. The first-order valence-electron chi connectivity index (χ1n) is 10.7. The summed E-state index contributed by atoms with van der Waals surface area (Å²) in [4.78, 5) is 30.2. The zero-order valence-electron chi connectivity index (χ0n) is 18.2. The Morgan fingerprint density at radius 3 is 2.76 bits per heavy atom. The maximum Gasteiger partial charge on any atom is 0.359 e. The molecule has 170 valence electrons. The molecule has 1 aliphatic rings. The smallest absolute Gasteiger partial charge is 0.359 e. The number of rotatable bonds is 5. The van der Waals surface area contributed by atoms with Gasteiger partial charge < -0.3 is 10.1 Å². The molecule has 0 saturated heterocycles. The van der Waals surface area contributed by atoms with Crippen molar-refractivity contribution in [3.63, 3.8) is 0 Å². The van der Waals surface area contributed by atoms with E-state index in [4.69, 9.17) is 4.74 Å². The molecule has 0 aliphatic carbocycles. The normalized spacial score (nSPS) is 14.1. The zero-order chi connectivity index (χ0) is 23.7. The Bertz CT molecular complexity index is 1430. The highest BCUT2D eigenvalue weighted by molar-refractivity contribution is 7.84. The summed E-state index contributed by atoms with van der Waals surface area (Å²) in [5, 5.41) is 7.38. The minimum atomic E-state index is -1.32. The fraction of sp³-hybridized carbons (Fsp3) is 0.120. The molecule has 2 aromatic heterocycles. The van der Waals surface area contributed by atoms with E-state index in [1.807, 2.05) is 24.3 Å². The number of nitrogens with one attached hydrogen (secondary N) is 1. The molecule has 1 amide bonds. The van der Waals surface area contributed by atoms with Crippen LogP contribution in [0.1, 0.15) is 33.3 Å². The lowest BCUT2D eigenvalue weighted by atomic mass is 10.1. The number of esters is 1. The van der Waals surface area contributed by atoms with Crippen molar-refractivity contribution in [1.82, 2.24) is 14.8 Å². The minimum Gasteiger partial charge on any atom is -0.461 e. The summed E-state index contributed by atoms with van der Waals surface area (Å²) < 4.78 is 19.7. The number of anilines is 1. The quantitative estimate of drug-likeness (QED) is 0.441. The molecule has 0 radical (unpaired) electrons. The Balaban J connectivity index is 1.62. The van der Waals surface area contributed by atoms with Gasteiger partial charge in [-0.05, 0) is 43.3 Å². The summed E-state index contributed by atoms with van der Waals surface area (Å²) in [6, 6.07) is 17.8. The molecular formula is C25H20N4O4S. The SMILES string of the molecule is CCOC(=O)c1nn(-c2cccc(C(=O)Nc3cccnc3)c2)c2c1CS(=O)c1ccccc1-2. The first-order chi connectivity index (χ1) is 16.6. The van der Waals surface area contributed by atoms with Crippen molar-refractivity contribution >= 4 is 28.4 Å². The molecule has 0 spiro atoms. The standard InChI is InChI=1S/C25H20N4O4S/c1-2-33-25(31)22-20-15-34(32)21-11-4-3-10-19(21)23(20)29(28-22)18-9-5-7-16(13-18)24(30)27-17-8-6-12-26-14-17/h3-14H,2,15H2,1H3,(H,27,30). The molecule has 3 heterocycles. The lowest BCUT2D eigenvalue weighted by Crippen LogP contribution is -2.13. The van der Waals surface area contributed by atoms with E-state index < -0.39 is 16.8 Å². The molecular weight excluding hydrogens is 452 g/mol. The number of carbonyl (C=O) groups is 2. The Labute approximate surface area is 198 Å². The van der Waals surface area contributed by atoms with E-state index in [1.165, 1.54) is 0 Å². The van der Waals surface area contributed by atoms with Gasteiger partial charge in [-0.3, -0.25) is 14.0 Å². The molecule has 34 heavy (non-hydrogen) atoms. The fourth-order valence-corrected chi connectivity index (χ4v) is 5.23. The van der Waals surface area contributed by atoms with Gasteiger partial charge in [0.15, 0.2) is 5.69 Å². The van der Waals surface area contributed by atoms with Crippen LogP contribution in [-0.2, 0) is 21.3 Å². The van der Waals surface area contributed by atoms with Crippen molar-refractivity contribution in [2.75, 3.05) is 11.9 Å². The second-order valence-corrected chi connectivity index (χ2v) is 8.96. The maximum absolute atomic E-state index is 12.9. The monoisotopic (exact) mass is 472 g/mol. The summed E-state index contributed by atoms with van der Waals surface area (Å²) in [5.74, 6) is -0.718. The molecule has 5 rings (SSSR count). The van der Waals surface area contributed by atoms with E-state index in [1.54, 1.807) is 60.4 Å². The number of amides is 1. The van der Waals surface area contributed by atoms with Gasteiger partial charge in [0.1, 0.15) is 0 Å². The number of aromatic nitrogens is 3. The molecule has 1 aliphatic heterocycles. The third kappa shape index (κ3) is 3.90. The molecule has 0 fully saturated rings. The number of carbonyl (C=O) groups excluding carboxylic acids is 2. The van der Waals surface area contributed by atoms with Gasteiger partial charge >= 0.3 is 5.97 Å². The van der Waals surface area contributed by atoms with E-state index in [9.17, 15) is 13.8 Å². The van der Waals surface area contributed by atoms with E-state index in [0.29, 0.717) is 33.1 Å². The van der Waals surface area contributed by atoms with Crippen LogP contribution in [0.3, 0.4) is 0 Å². The first-order valence-corrected chi connectivity index (χ1v) is 12.0. The highest BCUT2D eigenvalue weighted by atomic mass is 32.2. The van der Waals surface area contributed by atoms with Crippen LogP contribution in [0, 0.1) is 0 Å². The molecule has 0 saturated carbocycles. The summed E-state index contributed by atoms with van der Waals surface area (Å²) in [6.45, 7) is 1.92. The largest absolute Gasteiger partial charge is 0.461 e. The van der Waals surface area contributed by atoms with Gasteiger partial charge in [0, 0.05) is 27.8 Å².